The van der Waals surface area contributed by atoms with E-state index in [0.29, 0.717) is 24.4 Å². The smallest absolute Gasteiger partial charge is 0.341 e. The van der Waals surface area contributed by atoms with Crippen LogP contribution in [0.2, 0.25) is 0 Å². The number of furan rings is 1. The molecule has 132 valence electrons. The lowest BCUT2D eigenvalue weighted by molar-refractivity contribution is -0.152. The Morgan fingerprint density at radius 3 is 2.84 bits per heavy atom. The van der Waals surface area contributed by atoms with E-state index < -0.39 is 11.5 Å². The highest BCUT2D eigenvalue weighted by molar-refractivity contribution is 5.90. The van der Waals surface area contributed by atoms with Gasteiger partial charge in [0.2, 0.25) is 0 Å². The van der Waals surface area contributed by atoms with E-state index in [9.17, 15) is 9.59 Å². The number of ether oxygens (including phenoxy) is 2. The van der Waals surface area contributed by atoms with E-state index in [4.69, 9.17) is 13.9 Å². The van der Waals surface area contributed by atoms with Gasteiger partial charge in [0.1, 0.15) is 16.9 Å². The summed E-state index contributed by atoms with van der Waals surface area (Å²) in [4.78, 5) is 24.6. The molecule has 0 spiro atoms. The van der Waals surface area contributed by atoms with Gasteiger partial charge in [0, 0.05) is 0 Å². The van der Waals surface area contributed by atoms with E-state index in [1.165, 1.54) is 13.4 Å². The maximum Gasteiger partial charge on any atom is 0.341 e. The summed E-state index contributed by atoms with van der Waals surface area (Å²) in [5.74, 6) is -0.353. The van der Waals surface area contributed by atoms with Crippen LogP contribution in [0.1, 0.15) is 40.6 Å². The molecule has 1 atom stereocenters. The Kier molecular flexibility index (Phi) is 4.90. The minimum atomic E-state index is -0.938. The first kappa shape index (κ1) is 17.2. The summed E-state index contributed by atoms with van der Waals surface area (Å²) in [6.45, 7) is 2.30. The molecule has 0 bridgehead atoms. The Bertz CT molecular complexity index is 782. The van der Waals surface area contributed by atoms with E-state index in [0.717, 1.165) is 17.5 Å². The Morgan fingerprint density at radius 1 is 1.28 bits per heavy atom. The average molecular weight is 343 g/mol. The van der Waals surface area contributed by atoms with Gasteiger partial charge in [-0.2, -0.15) is 0 Å². The number of carbonyl (C=O) groups is 2. The quantitative estimate of drug-likeness (QED) is 0.812. The molecule has 3 rings (SSSR count). The summed E-state index contributed by atoms with van der Waals surface area (Å²) in [6, 6.07) is 9.39. The summed E-state index contributed by atoms with van der Waals surface area (Å²) in [6.07, 6.45) is 2.81. The maximum atomic E-state index is 12.8. The number of nitrogens with one attached hydrogen (secondary N) is 1. The van der Waals surface area contributed by atoms with Crippen LogP contribution < -0.4 is 5.32 Å². The van der Waals surface area contributed by atoms with Crippen LogP contribution in [0.5, 0.6) is 0 Å². The molecule has 0 aliphatic heterocycles. The molecule has 6 heteroatoms. The largest absolute Gasteiger partial charge is 0.467 e. The van der Waals surface area contributed by atoms with Crippen molar-refractivity contribution in [2.45, 2.75) is 31.8 Å². The van der Waals surface area contributed by atoms with Crippen molar-refractivity contribution in [2.24, 2.45) is 0 Å². The number of hydrogen-bond acceptors (Lipinski definition) is 6. The summed E-state index contributed by atoms with van der Waals surface area (Å²) in [7, 11) is 1.32. The molecular formula is C19H21NO5. The number of hydrogen-bond donors (Lipinski definition) is 1. The predicted octanol–water partition coefficient (Wildman–Crippen LogP) is 2.56. The first-order valence-electron chi connectivity index (χ1n) is 8.27. The average Bonchev–Trinajstić information content (AvgIpc) is 3.25. The molecule has 0 unspecified atom stereocenters. The minimum absolute atomic E-state index is 0.213. The number of esters is 2. The highest BCUT2D eigenvalue weighted by atomic mass is 16.5. The Labute approximate surface area is 146 Å². The molecule has 0 radical (unpaired) electrons. The van der Waals surface area contributed by atoms with Crippen molar-refractivity contribution < 1.29 is 23.5 Å². The Balaban J connectivity index is 1.90. The first-order valence-corrected chi connectivity index (χ1v) is 8.27. The molecule has 0 saturated carbocycles. The Hall–Kier alpha value is -2.60. The highest BCUT2D eigenvalue weighted by Gasteiger charge is 2.46. The third-order valence-electron chi connectivity index (χ3n) is 4.57. The number of rotatable bonds is 6. The van der Waals surface area contributed by atoms with Crippen molar-refractivity contribution >= 4 is 11.9 Å². The van der Waals surface area contributed by atoms with Crippen molar-refractivity contribution in [1.82, 2.24) is 5.32 Å². The molecule has 0 fully saturated rings. The fourth-order valence-corrected chi connectivity index (χ4v) is 3.33. The van der Waals surface area contributed by atoms with Gasteiger partial charge >= 0.3 is 11.9 Å². The molecule has 0 amide bonds. The molecule has 1 aliphatic carbocycles. The molecule has 0 saturated heterocycles. The van der Waals surface area contributed by atoms with E-state index in [2.05, 4.69) is 5.32 Å². The maximum absolute atomic E-state index is 12.8. The molecule has 25 heavy (non-hydrogen) atoms. The number of carbonyl (C=O) groups excluding carboxylic acids is 2. The van der Waals surface area contributed by atoms with Gasteiger partial charge in [0.05, 0.1) is 26.5 Å². The van der Waals surface area contributed by atoms with Crippen LogP contribution in [0.25, 0.3) is 0 Å². The van der Waals surface area contributed by atoms with Crippen LogP contribution in [-0.4, -0.2) is 25.7 Å². The topological polar surface area (TPSA) is 77.8 Å². The summed E-state index contributed by atoms with van der Waals surface area (Å²) >= 11 is 0. The number of benzene rings is 1. The molecule has 1 aromatic carbocycles. The third kappa shape index (κ3) is 3.05. The first-order chi connectivity index (χ1) is 12.1. The van der Waals surface area contributed by atoms with Crippen LogP contribution in [-0.2, 0) is 32.8 Å². The fourth-order valence-electron chi connectivity index (χ4n) is 3.33. The second kappa shape index (κ2) is 7.11. The van der Waals surface area contributed by atoms with Gasteiger partial charge in [-0.15, -0.1) is 0 Å². The van der Waals surface area contributed by atoms with Gasteiger partial charge in [0.15, 0.2) is 0 Å². The van der Waals surface area contributed by atoms with Gasteiger partial charge < -0.3 is 13.9 Å². The Morgan fingerprint density at radius 2 is 2.08 bits per heavy atom. The summed E-state index contributed by atoms with van der Waals surface area (Å²) < 4.78 is 15.5. The molecule has 6 nitrogen and oxygen atoms in total. The van der Waals surface area contributed by atoms with Crippen LogP contribution >= 0.6 is 0 Å². The molecule has 1 N–H and O–H groups in total. The highest BCUT2D eigenvalue weighted by Crippen LogP contribution is 2.38. The lowest BCUT2D eigenvalue weighted by Gasteiger charge is -2.29. The van der Waals surface area contributed by atoms with Crippen LogP contribution in [0, 0.1) is 0 Å². The lowest BCUT2D eigenvalue weighted by atomic mass is 9.91. The van der Waals surface area contributed by atoms with Gasteiger partial charge in [-0.25, -0.2) is 9.59 Å². The normalized spacial score (nSPS) is 18.6. The molecule has 2 aromatic rings. The van der Waals surface area contributed by atoms with E-state index in [1.807, 2.05) is 24.3 Å². The minimum Gasteiger partial charge on any atom is -0.467 e. The zero-order chi connectivity index (χ0) is 17.9. The van der Waals surface area contributed by atoms with Crippen molar-refractivity contribution in [3.63, 3.8) is 0 Å². The van der Waals surface area contributed by atoms with Gasteiger partial charge in [-0.1, -0.05) is 24.3 Å². The fraction of sp³-hybridized carbons (Fsp3) is 0.368. The third-order valence-corrected chi connectivity index (χ3v) is 4.57. The monoisotopic (exact) mass is 343 g/mol. The van der Waals surface area contributed by atoms with Gasteiger partial charge in [-0.3, -0.25) is 5.32 Å². The van der Waals surface area contributed by atoms with Gasteiger partial charge in [-0.05, 0) is 37.0 Å². The zero-order valence-corrected chi connectivity index (χ0v) is 14.3. The summed E-state index contributed by atoms with van der Waals surface area (Å²) in [5, 5.41) is 3.28. The number of aryl methyl sites for hydroxylation is 1. The number of fused-ring (bicyclic) bond motifs is 1. The zero-order valence-electron chi connectivity index (χ0n) is 14.3. The molecule has 1 heterocycles. The molecule has 1 aromatic heterocycles. The second-order valence-electron chi connectivity index (χ2n) is 5.89. The van der Waals surface area contributed by atoms with Crippen molar-refractivity contribution in [1.29, 1.82) is 0 Å². The van der Waals surface area contributed by atoms with Crippen molar-refractivity contribution in [2.75, 3.05) is 13.7 Å². The van der Waals surface area contributed by atoms with Crippen molar-refractivity contribution in [3.8, 4) is 0 Å². The standard InChI is InChI=1S/C19H21NO5/c1-3-24-18(22)19(10-8-13-6-4-5-7-15(13)19)20-12-16-14(9-11-25-16)17(21)23-2/h4-7,9,11,20H,3,8,10,12H2,1-2H3/t19-/m0/s1. The molecular weight excluding hydrogens is 322 g/mol. The summed E-state index contributed by atoms with van der Waals surface area (Å²) in [5.41, 5.74) is 1.45. The van der Waals surface area contributed by atoms with E-state index >= 15 is 0 Å². The number of methoxy groups -OCH3 is 1. The van der Waals surface area contributed by atoms with Crippen LogP contribution in [0.15, 0.2) is 41.0 Å². The molecule has 1 aliphatic rings. The van der Waals surface area contributed by atoms with Crippen LogP contribution in [0.4, 0.5) is 0 Å². The predicted molar refractivity (Wildman–Crippen MR) is 90.0 cm³/mol. The second-order valence-corrected chi connectivity index (χ2v) is 5.89. The van der Waals surface area contributed by atoms with E-state index in [1.54, 1.807) is 13.0 Å². The SMILES string of the molecule is CCOC(=O)[C@]1(NCc2occc2C(=O)OC)CCc2ccccc21. The van der Waals surface area contributed by atoms with Crippen molar-refractivity contribution in [3.05, 3.63) is 59.0 Å². The van der Waals surface area contributed by atoms with E-state index in [-0.39, 0.29) is 12.5 Å². The van der Waals surface area contributed by atoms with Gasteiger partial charge in [0.25, 0.3) is 0 Å². The van der Waals surface area contributed by atoms with Crippen LogP contribution in [0.3, 0.4) is 0 Å². The lowest BCUT2D eigenvalue weighted by Crippen LogP contribution is -2.48.